The molecule has 0 saturated carbocycles. The zero-order valence-electron chi connectivity index (χ0n) is 14.6. The van der Waals surface area contributed by atoms with Gasteiger partial charge in [0.25, 0.3) is 0 Å². The Morgan fingerprint density at radius 2 is 1.48 bits per heavy atom. The van der Waals surface area contributed by atoms with Crippen molar-refractivity contribution in [1.29, 1.82) is 0 Å². The summed E-state index contributed by atoms with van der Waals surface area (Å²) in [6.07, 6.45) is 1.81. The normalized spacial score (nSPS) is 10.4. The molecule has 27 heavy (non-hydrogen) atoms. The second-order valence-corrected chi connectivity index (χ2v) is 5.94. The number of ether oxygens (including phenoxy) is 1. The van der Waals surface area contributed by atoms with E-state index in [0.29, 0.717) is 6.61 Å². The first kappa shape index (κ1) is 16.7. The molecule has 0 saturated heterocycles. The van der Waals surface area contributed by atoms with Gasteiger partial charge in [0.2, 0.25) is 0 Å². The van der Waals surface area contributed by atoms with E-state index in [1.54, 1.807) is 0 Å². The summed E-state index contributed by atoms with van der Waals surface area (Å²) < 4.78 is 5.71. The van der Waals surface area contributed by atoms with Crippen LogP contribution in [-0.4, -0.2) is 9.97 Å². The first-order valence-electron chi connectivity index (χ1n) is 8.67. The highest BCUT2D eigenvalue weighted by atomic mass is 16.6. The Morgan fingerprint density at radius 3 is 2.22 bits per heavy atom. The quantitative estimate of drug-likeness (QED) is 0.454. The minimum atomic E-state index is 0.395. The molecule has 5 heteroatoms. The highest BCUT2D eigenvalue weighted by molar-refractivity contribution is 5.59. The molecule has 0 bridgehead atoms. The van der Waals surface area contributed by atoms with E-state index in [1.807, 2.05) is 91.1 Å². The molecule has 5 nitrogen and oxygen atoms in total. The van der Waals surface area contributed by atoms with Crippen LogP contribution in [0.3, 0.4) is 0 Å². The Bertz CT molecular complexity index is 967. The molecule has 0 amide bonds. The van der Waals surface area contributed by atoms with Gasteiger partial charge in [-0.25, -0.2) is 10.5 Å². The Kier molecular flexibility index (Phi) is 5.02. The molecule has 1 aromatic heterocycles. The van der Waals surface area contributed by atoms with Gasteiger partial charge in [-0.15, -0.1) is 0 Å². The summed E-state index contributed by atoms with van der Waals surface area (Å²) in [6.45, 7) is 0.395. The number of nitrogens with one attached hydrogen (secondary N) is 2. The van der Waals surface area contributed by atoms with Crippen LogP contribution in [0.25, 0.3) is 11.3 Å². The number of nitrogens with zero attached hydrogens (tertiary/aromatic N) is 1. The number of anilines is 1. The SMILES string of the molecule is c1ccc(NOc2ccc(-c3cnc(COc4ccccc4)[nH]3)cc2)cc1. The second kappa shape index (κ2) is 8.10. The Balaban J connectivity index is 1.35. The van der Waals surface area contributed by atoms with E-state index in [4.69, 9.17) is 9.57 Å². The minimum Gasteiger partial charge on any atom is -0.486 e. The number of aromatic amines is 1. The fourth-order valence-electron chi connectivity index (χ4n) is 2.58. The van der Waals surface area contributed by atoms with Crippen molar-refractivity contribution >= 4 is 5.69 Å². The molecule has 0 aliphatic heterocycles. The van der Waals surface area contributed by atoms with E-state index in [0.717, 1.165) is 34.3 Å². The molecule has 4 aromatic rings. The van der Waals surface area contributed by atoms with E-state index < -0.39 is 0 Å². The summed E-state index contributed by atoms with van der Waals surface area (Å²) in [4.78, 5) is 13.2. The van der Waals surface area contributed by atoms with Gasteiger partial charge in [0.15, 0.2) is 5.75 Å². The van der Waals surface area contributed by atoms with Crippen LogP contribution in [0.2, 0.25) is 0 Å². The van der Waals surface area contributed by atoms with Crippen molar-refractivity contribution in [2.75, 3.05) is 5.48 Å². The zero-order valence-corrected chi connectivity index (χ0v) is 14.6. The highest BCUT2D eigenvalue weighted by Crippen LogP contribution is 2.22. The second-order valence-electron chi connectivity index (χ2n) is 5.94. The molecule has 0 fully saturated rings. The van der Waals surface area contributed by atoms with Gasteiger partial charge in [-0.05, 0) is 54.1 Å². The van der Waals surface area contributed by atoms with Gasteiger partial charge in [-0.1, -0.05) is 36.4 Å². The molecule has 4 rings (SSSR count). The first-order valence-corrected chi connectivity index (χ1v) is 8.67. The van der Waals surface area contributed by atoms with Crippen LogP contribution in [0.15, 0.2) is 91.1 Å². The first-order chi connectivity index (χ1) is 13.4. The van der Waals surface area contributed by atoms with E-state index in [9.17, 15) is 0 Å². The summed E-state index contributed by atoms with van der Waals surface area (Å²) in [5.41, 5.74) is 5.78. The number of hydrogen-bond acceptors (Lipinski definition) is 4. The van der Waals surface area contributed by atoms with Crippen LogP contribution in [0.1, 0.15) is 5.82 Å². The maximum atomic E-state index is 5.71. The summed E-state index contributed by atoms with van der Waals surface area (Å²) >= 11 is 0. The third-order valence-electron chi connectivity index (χ3n) is 3.97. The van der Waals surface area contributed by atoms with E-state index in [-0.39, 0.29) is 0 Å². The molecular formula is C22H19N3O2. The third-order valence-corrected chi connectivity index (χ3v) is 3.97. The van der Waals surface area contributed by atoms with Gasteiger partial charge in [-0.2, -0.15) is 0 Å². The average molecular weight is 357 g/mol. The van der Waals surface area contributed by atoms with E-state index in [2.05, 4.69) is 15.4 Å². The molecule has 0 aliphatic carbocycles. The lowest BCUT2D eigenvalue weighted by Gasteiger charge is -2.08. The monoisotopic (exact) mass is 357 g/mol. The van der Waals surface area contributed by atoms with Crippen LogP contribution < -0.4 is 15.1 Å². The van der Waals surface area contributed by atoms with E-state index in [1.165, 1.54) is 0 Å². The maximum Gasteiger partial charge on any atom is 0.155 e. The van der Waals surface area contributed by atoms with E-state index >= 15 is 0 Å². The van der Waals surface area contributed by atoms with Crippen LogP contribution in [-0.2, 0) is 6.61 Å². The lowest BCUT2D eigenvalue weighted by atomic mass is 10.2. The molecule has 1 heterocycles. The molecule has 2 N–H and O–H groups in total. The van der Waals surface area contributed by atoms with Crippen molar-refractivity contribution in [1.82, 2.24) is 9.97 Å². The molecule has 0 unspecified atom stereocenters. The molecule has 0 spiro atoms. The van der Waals surface area contributed by atoms with Gasteiger partial charge in [-0.3, -0.25) is 0 Å². The zero-order chi connectivity index (χ0) is 18.3. The van der Waals surface area contributed by atoms with Crippen LogP contribution in [0.5, 0.6) is 11.5 Å². The fourth-order valence-corrected chi connectivity index (χ4v) is 2.58. The summed E-state index contributed by atoms with van der Waals surface area (Å²) in [5, 5.41) is 0. The van der Waals surface area contributed by atoms with Gasteiger partial charge >= 0.3 is 0 Å². The van der Waals surface area contributed by atoms with Crippen molar-refractivity contribution in [2.45, 2.75) is 6.61 Å². The van der Waals surface area contributed by atoms with Crippen LogP contribution in [0, 0.1) is 0 Å². The minimum absolute atomic E-state index is 0.395. The van der Waals surface area contributed by atoms with Gasteiger partial charge in [0.05, 0.1) is 17.6 Å². The standard InChI is InChI=1S/C22H19N3O2/c1-3-7-18(8-4-1)25-27-20-13-11-17(12-14-20)21-15-23-22(24-21)16-26-19-9-5-2-6-10-19/h1-15,25H,16H2,(H,23,24). The Morgan fingerprint density at radius 1 is 0.778 bits per heavy atom. The number of hydrogen-bond donors (Lipinski definition) is 2. The Labute approximate surface area is 157 Å². The number of benzene rings is 3. The van der Waals surface area contributed by atoms with Gasteiger partial charge in [0.1, 0.15) is 18.2 Å². The number of H-pyrrole nitrogens is 1. The predicted molar refractivity (Wildman–Crippen MR) is 105 cm³/mol. The van der Waals surface area contributed by atoms with Crippen molar-refractivity contribution in [3.05, 3.63) is 97.0 Å². The number of rotatable bonds is 7. The number of para-hydroxylation sites is 2. The van der Waals surface area contributed by atoms with Crippen molar-refractivity contribution < 1.29 is 9.57 Å². The molecule has 0 atom stereocenters. The molecule has 0 aliphatic rings. The largest absolute Gasteiger partial charge is 0.486 e. The smallest absolute Gasteiger partial charge is 0.155 e. The maximum absolute atomic E-state index is 5.71. The highest BCUT2D eigenvalue weighted by Gasteiger charge is 2.05. The van der Waals surface area contributed by atoms with Crippen molar-refractivity contribution in [3.8, 4) is 22.8 Å². The third kappa shape index (κ3) is 4.46. The summed E-state index contributed by atoms with van der Waals surface area (Å²) in [6, 6.07) is 27.2. The molecule has 0 radical (unpaired) electrons. The van der Waals surface area contributed by atoms with Crippen molar-refractivity contribution in [2.24, 2.45) is 0 Å². The predicted octanol–water partition coefficient (Wildman–Crippen LogP) is 5.06. The molecule has 134 valence electrons. The Hall–Kier alpha value is -3.73. The number of imidazole rings is 1. The lowest BCUT2D eigenvalue weighted by Crippen LogP contribution is -2.03. The summed E-state index contributed by atoms with van der Waals surface area (Å²) in [7, 11) is 0. The van der Waals surface area contributed by atoms with Crippen LogP contribution in [0.4, 0.5) is 5.69 Å². The van der Waals surface area contributed by atoms with Crippen LogP contribution >= 0.6 is 0 Å². The average Bonchev–Trinajstić information content (AvgIpc) is 3.22. The molecule has 3 aromatic carbocycles. The summed E-state index contributed by atoms with van der Waals surface area (Å²) in [5.74, 6) is 2.33. The lowest BCUT2D eigenvalue weighted by molar-refractivity contribution is 0.297. The van der Waals surface area contributed by atoms with Crippen molar-refractivity contribution in [3.63, 3.8) is 0 Å². The van der Waals surface area contributed by atoms with Gasteiger partial charge < -0.3 is 14.6 Å². The topological polar surface area (TPSA) is 59.2 Å². The number of aromatic nitrogens is 2. The fraction of sp³-hybridized carbons (Fsp3) is 0.0455. The molecular weight excluding hydrogens is 338 g/mol. The van der Waals surface area contributed by atoms with Gasteiger partial charge in [0, 0.05) is 0 Å².